The Bertz CT molecular complexity index is 890. The first-order valence-corrected chi connectivity index (χ1v) is 10.8. The molecule has 0 spiro atoms. The van der Waals surface area contributed by atoms with Crippen LogP contribution in [0.1, 0.15) is 12.5 Å². The van der Waals surface area contributed by atoms with Crippen LogP contribution >= 0.6 is 23.5 Å². The zero-order valence-electron chi connectivity index (χ0n) is 15.3. The van der Waals surface area contributed by atoms with Gasteiger partial charge in [0, 0.05) is 25.0 Å². The molecule has 4 nitrogen and oxygen atoms in total. The van der Waals surface area contributed by atoms with E-state index in [9.17, 15) is 4.79 Å². The summed E-state index contributed by atoms with van der Waals surface area (Å²) in [6, 6.07) is 16.4. The highest BCUT2D eigenvalue weighted by Gasteiger charge is 2.14. The topological polar surface area (TPSA) is 38.1 Å². The zero-order valence-corrected chi connectivity index (χ0v) is 16.9. The van der Waals surface area contributed by atoms with Crippen LogP contribution in [0.5, 0.6) is 0 Å². The molecule has 0 radical (unpaired) electrons. The first-order chi connectivity index (χ1) is 12.6. The number of imidazole rings is 1. The Morgan fingerprint density at radius 2 is 1.88 bits per heavy atom. The van der Waals surface area contributed by atoms with Gasteiger partial charge in [0.1, 0.15) is 0 Å². The van der Waals surface area contributed by atoms with Gasteiger partial charge in [-0.1, -0.05) is 36.0 Å². The van der Waals surface area contributed by atoms with Gasteiger partial charge in [-0.2, -0.15) is 0 Å². The molecule has 0 saturated carbocycles. The van der Waals surface area contributed by atoms with Crippen molar-refractivity contribution < 1.29 is 4.79 Å². The SMILES string of the molecule is CCn1c(SCC(=O)N(C)Cc2ccc(SC)cc2)nc2ccccc21. The molecule has 1 aromatic heterocycles. The van der Waals surface area contributed by atoms with E-state index in [4.69, 9.17) is 0 Å². The number of nitrogens with zero attached hydrogens (tertiary/aromatic N) is 3. The summed E-state index contributed by atoms with van der Waals surface area (Å²) in [5.41, 5.74) is 3.24. The quantitative estimate of drug-likeness (QED) is 0.560. The van der Waals surface area contributed by atoms with Gasteiger partial charge in [0.15, 0.2) is 5.16 Å². The maximum atomic E-state index is 12.5. The molecule has 0 unspecified atom stereocenters. The fourth-order valence-electron chi connectivity index (χ4n) is 2.80. The number of hydrogen-bond acceptors (Lipinski definition) is 4. The van der Waals surface area contributed by atoms with E-state index >= 15 is 0 Å². The Morgan fingerprint density at radius 3 is 2.58 bits per heavy atom. The zero-order chi connectivity index (χ0) is 18.5. The largest absolute Gasteiger partial charge is 0.341 e. The van der Waals surface area contributed by atoms with Crippen molar-refractivity contribution in [2.24, 2.45) is 0 Å². The minimum absolute atomic E-state index is 0.110. The molecule has 0 bridgehead atoms. The molecule has 3 rings (SSSR count). The van der Waals surface area contributed by atoms with Gasteiger partial charge < -0.3 is 9.47 Å². The van der Waals surface area contributed by atoms with Crippen LogP contribution in [0.25, 0.3) is 11.0 Å². The normalized spacial score (nSPS) is 11.0. The van der Waals surface area contributed by atoms with Crippen LogP contribution in [0, 0.1) is 0 Å². The molecule has 26 heavy (non-hydrogen) atoms. The number of amides is 1. The number of para-hydroxylation sites is 2. The van der Waals surface area contributed by atoms with Crippen LogP contribution < -0.4 is 0 Å². The van der Waals surface area contributed by atoms with Gasteiger partial charge in [-0.05, 0) is 43.0 Å². The lowest BCUT2D eigenvalue weighted by Gasteiger charge is -2.17. The number of benzene rings is 2. The number of carbonyl (C=O) groups excluding carboxylic acids is 1. The summed E-state index contributed by atoms with van der Waals surface area (Å²) in [7, 11) is 1.86. The lowest BCUT2D eigenvalue weighted by Crippen LogP contribution is -2.27. The minimum Gasteiger partial charge on any atom is -0.341 e. The van der Waals surface area contributed by atoms with E-state index in [-0.39, 0.29) is 5.91 Å². The van der Waals surface area contributed by atoms with E-state index < -0.39 is 0 Å². The second-order valence-electron chi connectivity index (χ2n) is 6.01. The Kier molecular flexibility index (Phi) is 6.27. The molecule has 0 aliphatic heterocycles. The third kappa shape index (κ3) is 4.24. The fourth-order valence-corrected chi connectivity index (χ4v) is 4.23. The average Bonchev–Trinajstić information content (AvgIpc) is 3.04. The highest BCUT2D eigenvalue weighted by molar-refractivity contribution is 7.99. The molecule has 1 amide bonds. The number of fused-ring (bicyclic) bond motifs is 1. The van der Waals surface area contributed by atoms with Crippen molar-refractivity contribution in [1.82, 2.24) is 14.5 Å². The maximum absolute atomic E-state index is 12.5. The second-order valence-corrected chi connectivity index (χ2v) is 7.84. The van der Waals surface area contributed by atoms with Gasteiger partial charge in [-0.25, -0.2) is 4.98 Å². The summed E-state index contributed by atoms with van der Waals surface area (Å²) in [5, 5.41) is 0.903. The van der Waals surface area contributed by atoms with Gasteiger partial charge in [0.05, 0.1) is 16.8 Å². The van der Waals surface area contributed by atoms with Crippen LogP contribution in [0.4, 0.5) is 0 Å². The molecule has 0 fully saturated rings. The van der Waals surface area contributed by atoms with Crippen molar-refractivity contribution in [3.63, 3.8) is 0 Å². The molecular weight excluding hydrogens is 362 g/mol. The predicted molar refractivity (Wildman–Crippen MR) is 111 cm³/mol. The van der Waals surface area contributed by atoms with Crippen molar-refractivity contribution in [3.8, 4) is 0 Å². The molecule has 0 N–H and O–H groups in total. The molecule has 0 aliphatic rings. The van der Waals surface area contributed by atoms with Gasteiger partial charge in [-0.3, -0.25) is 4.79 Å². The number of rotatable bonds is 7. The molecule has 0 aliphatic carbocycles. The van der Waals surface area contributed by atoms with E-state index in [1.165, 1.54) is 16.7 Å². The van der Waals surface area contributed by atoms with Crippen LogP contribution in [0.2, 0.25) is 0 Å². The summed E-state index contributed by atoms with van der Waals surface area (Å²) in [6.45, 7) is 3.57. The third-order valence-corrected chi connectivity index (χ3v) is 5.97. The number of carbonyl (C=O) groups is 1. The van der Waals surface area contributed by atoms with E-state index in [0.717, 1.165) is 28.3 Å². The smallest absolute Gasteiger partial charge is 0.233 e. The predicted octanol–water partition coefficient (Wildman–Crippen LogP) is 4.53. The first-order valence-electron chi connectivity index (χ1n) is 8.57. The van der Waals surface area contributed by atoms with E-state index in [1.54, 1.807) is 16.7 Å². The first kappa shape index (κ1) is 18.9. The number of aromatic nitrogens is 2. The Balaban J connectivity index is 1.62. The average molecular weight is 386 g/mol. The number of thioether (sulfide) groups is 2. The summed E-state index contributed by atoms with van der Waals surface area (Å²) < 4.78 is 2.16. The van der Waals surface area contributed by atoms with Crippen LogP contribution in [0.15, 0.2) is 58.6 Å². The summed E-state index contributed by atoms with van der Waals surface area (Å²) in [5.74, 6) is 0.501. The monoisotopic (exact) mass is 385 g/mol. The van der Waals surface area contributed by atoms with Crippen LogP contribution in [-0.4, -0.2) is 39.4 Å². The highest BCUT2D eigenvalue weighted by Crippen LogP contribution is 2.24. The van der Waals surface area contributed by atoms with Gasteiger partial charge in [-0.15, -0.1) is 11.8 Å². The molecule has 3 aromatic rings. The Hall–Kier alpha value is -1.92. The van der Waals surface area contributed by atoms with Gasteiger partial charge in [0.25, 0.3) is 0 Å². The molecule has 0 saturated heterocycles. The van der Waals surface area contributed by atoms with Crippen LogP contribution in [0.3, 0.4) is 0 Å². The lowest BCUT2D eigenvalue weighted by molar-refractivity contribution is -0.127. The fraction of sp³-hybridized carbons (Fsp3) is 0.300. The van der Waals surface area contributed by atoms with E-state index in [0.29, 0.717) is 12.3 Å². The third-order valence-electron chi connectivity index (χ3n) is 4.27. The van der Waals surface area contributed by atoms with Crippen LogP contribution in [-0.2, 0) is 17.9 Å². The second kappa shape index (κ2) is 8.64. The van der Waals surface area contributed by atoms with E-state index in [2.05, 4.69) is 53.1 Å². The Labute approximate surface area is 163 Å². The Morgan fingerprint density at radius 1 is 1.15 bits per heavy atom. The number of hydrogen-bond donors (Lipinski definition) is 0. The van der Waals surface area contributed by atoms with Crippen molar-refractivity contribution >= 4 is 40.5 Å². The number of aryl methyl sites for hydroxylation is 1. The minimum atomic E-state index is 0.110. The van der Waals surface area contributed by atoms with Gasteiger partial charge >= 0.3 is 0 Å². The summed E-state index contributed by atoms with van der Waals surface area (Å²) in [4.78, 5) is 20.2. The molecule has 1 heterocycles. The molecule has 0 atom stereocenters. The highest BCUT2D eigenvalue weighted by atomic mass is 32.2. The van der Waals surface area contributed by atoms with E-state index in [1.807, 2.05) is 25.2 Å². The molecular formula is C20H23N3OS2. The van der Waals surface area contributed by atoms with Crippen molar-refractivity contribution in [1.29, 1.82) is 0 Å². The van der Waals surface area contributed by atoms with Gasteiger partial charge in [0.2, 0.25) is 5.91 Å². The molecule has 6 heteroatoms. The van der Waals surface area contributed by atoms with Crippen molar-refractivity contribution in [2.45, 2.75) is 30.1 Å². The maximum Gasteiger partial charge on any atom is 0.233 e. The molecule has 2 aromatic carbocycles. The summed E-state index contributed by atoms with van der Waals surface area (Å²) >= 11 is 3.23. The lowest BCUT2D eigenvalue weighted by atomic mass is 10.2. The van der Waals surface area contributed by atoms with Crippen molar-refractivity contribution in [2.75, 3.05) is 19.1 Å². The molecule has 136 valence electrons. The standard InChI is InChI=1S/C20H23N3OS2/c1-4-23-18-8-6-5-7-17(18)21-20(23)26-14-19(24)22(2)13-15-9-11-16(25-3)12-10-15/h5-12H,4,13-14H2,1-3H3. The summed E-state index contributed by atoms with van der Waals surface area (Å²) in [6.07, 6.45) is 2.06. The van der Waals surface area contributed by atoms with Crippen molar-refractivity contribution in [3.05, 3.63) is 54.1 Å².